The van der Waals surface area contributed by atoms with Crippen molar-refractivity contribution < 1.29 is 22.8 Å². The molecule has 0 saturated carbocycles. The molecule has 0 spiro atoms. The molecule has 1 heterocycles. The summed E-state index contributed by atoms with van der Waals surface area (Å²) in [6, 6.07) is 13.0. The zero-order valence-electron chi connectivity index (χ0n) is 16.2. The molecule has 2 aromatic carbocycles. The van der Waals surface area contributed by atoms with Crippen LogP contribution in [-0.4, -0.2) is 44.0 Å². The Morgan fingerprint density at radius 3 is 2.27 bits per heavy atom. The minimum atomic E-state index is -3.36. The van der Waals surface area contributed by atoms with Crippen LogP contribution in [0.2, 0.25) is 0 Å². The van der Waals surface area contributed by atoms with Gasteiger partial charge < -0.3 is 10.6 Å². The number of nitrogens with one attached hydrogen (secondary N) is 2. The molecule has 0 radical (unpaired) electrons. The Morgan fingerprint density at radius 1 is 1.13 bits per heavy atom. The maximum Gasteiger partial charge on any atom is 0.325 e. The van der Waals surface area contributed by atoms with Crippen molar-refractivity contribution in [3.05, 3.63) is 59.7 Å². The molecule has 0 bridgehead atoms. The molecular formula is C20H18N4O5S. The van der Waals surface area contributed by atoms with Crippen molar-refractivity contribution in [1.82, 2.24) is 10.2 Å². The number of carbonyl (C=O) groups excluding carboxylic acids is 3. The lowest BCUT2D eigenvalue weighted by atomic mass is 9.91. The smallest absolute Gasteiger partial charge is 0.325 e. The van der Waals surface area contributed by atoms with Gasteiger partial charge in [0, 0.05) is 11.9 Å². The van der Waals surface area contributed by atoms with E-state index < -0.39 is 39.8 Å². The average Bonchev–Trinajstić information content (AvgIpc) is 2.91. The SMILES string of the molecule is C[C@]1(c2ccc(C#N)cc2)NC(=O)N(CC(=O)Nc2ccc(S(C)(=O)=O)cc2)C1=O. The number of urea groups is 1. The van der Waals surface area contributed by atoms with Gasteiger partial charge >= 0.3 is 6.03 Å². The van der Waals surface area contributed by atoms with E-state index in [1.54, 1.807) is 12.1 Å². The van der Waals surface area contributed by atoms with Crippen molar-refractivity contribution in [2.24, 2.45) is 0 Å². The quantitative estimate of drug-likeness (QED) is 0.693. The number of amides is 4. The molecule has 30 heavy (non-hydrogen) atoms. The van der Waals surface area contributed by atoms with Crippen LogP contribution in [0.15, 0.2) is 53.4 Å². The number of nitrogens with zero attached hydrogens (tertiary/aromatic N) is 2. The van der Waals surface area contributed by atoms with Crippen LogP contribution in [0.25, 0.3) is 0 Å². The summed E-state index contributed by atoms with van der Waals surface area (Å²) < 4.78 is 23.0. The summed E-state index contributed by atoms with van der Waals surface area (Å²) in [6.07, 6.45) is 1.07. The van der Waals surface area contributed by atoms with Crippen molar-refractivity contribution in [2.45, 2.75) is 17.4 Å². The second kappa shape index (κ2) is 7.61. The van der Waals surface area contributed by atoms with Crippen molar-refractivity contribution in [3.8, 4) is 6.07 Å². The molecule has 9 nitrogen and oxygen atoms in total. The maximum absolute atomic E-state index is 12.9. The molecule has 3 rings (SSSR count). The van der Waals surface area contributed by atoms with Gasteiger partial charge in [0.1, 0.15) is 12.1 Å². The molecule has 10 heteroatoms. The first kappa shape index (κ1) is 21.0. The number of rotatable bonds is 5. The van der Waals surface area contributed by atoms with Crippen molar-refractivity contribution in [1.29, 1.82) is 5.26 Å². The predicted octanol–water partition coefficient (Wildman–Crippen LogP) is 1.37. The summed E-state index contributed by atoms with van der Waals surface area (Å²) >= 11 is 0. The van der Waals surface area contributed by atoms with E-state index in [4.69, 9.17) is 5.26 Å². The normalized spacial score (nSPS) is 18.6. The lowest BCUT2D eigenvalue weighted by molar-refractivity contribution is -0.133. The van der Waals surface area contributed by atoms with Gasteiger partial charge in [0.2, 0.25) is 5.91 Å². The molecule has 0 aliphatic carbocycles. The Hall–Kier alpha value is -3.71. The number of anilines is 1. The summed E-state index contributed by atoms with van der Waals surface area (Å²) in [4.78, 5) is 38.4. The number of hydrogen-bond acceptors (Lipinski definition) is 6. The topological polar surface area (TPSA) is 136 Å². The van der Waals surface area contributed by atoms with Crippen molar-refractivity contribution in [3.63, 3.8) is 0 Å². The van der Waals surface area contributed by atoms with Gasteiger partial charge in [-0.1, -0.05) is 12.1 Å². The summed E-state index contributed by atoms with van der Waals surface area (Å²) in [5, 5.41) is 14.0. The molecule has 2 aromatic rings. The molecule has 1 saturated heterocycles. The lowest BCUT2D eigenvalue weighted by Crippen LogP contribution is -2.42. The number of nitriles is 1. The zero-order chi connectivity index (χ0) is 22.1. The molecule has 1 fully saturated rings. The highest BCUT2D eigenvalue weighted by molar-refractivity contribution is 7.90. The molecule has 1 aliphatic rings. The van der Waals surface area contributed by atoms with Crippen molar-refractivity contribution in [2.75, 3.05) is 18.1 Å². The maximum atomic E-state index is 12.9. The Balaban J connectivity index is 1.72. The zero-order valence-corrected chi connectivity index (χ0v) is 17.0. The van der Waals surface area contributed by atoms with Crippen LogP contribution in [0.5, 0.6) is 0 Å². The summed E-state index contributed by atoms with van der Waals surface area (Å²) in [5.74, 6) is -1.21. The van der Waals surface area contributed by atoms with Gasteiger partial charge in [-0.05, 0) is 48.9 Å². The molecule has 154 valence electrons. The number of imide groups is 1. The summed E-state index contributed by atoms with van der Waals surface area (Å²) in [6.45, 7) is 1.01. The molecule has 1 aliphatic heterocycles. The Bertz CT molecular complexity index is 1170. The molecule has 2 N–H and O–H groups in total. The number of carbonyl (C=O) groups is 3. The Morgan fingerprint density at radius 2 is 1.73 bits per heavy atom. The first-order valence-corrected chi connectivity index (χ1v) is 10.7. The van der Waals surface area contributed by atoms with Crippen molar-refractivity contribution >= 4 is 33.4 Å². The first-order chi connectivity index (χ1) is 14.0. The minimum absolute atomic E-state index is 0.104. The van der Waals surface area contributed by atoms with E-state index in [0.29, 0.717) is 16.8 Å². The van der Waals surface area contributed by atoms with Crippen LogP contribution >= 0.6 is 0 Å². The predicted molar refractivity (Wildman–Crippen MR) is 107 cm³/mol. The number of sulfone groups is 1. The van der Waals surface area contributed by atoms with E-state index in [-0.39, 0.29) is 4.90 Å². The van der Waals surface area contributed by atoms with E-state index in [1.165, 1.54) is 43.3 Å². The van der Waals surface area contributed by atoms with Crippen LogP contribution in [0.3, 0.4) is 0 Å². The molecule has 1 atom stereocenters. The Kier molecular flexibility index (Phi) is 5.33. The van der Waals surface area contributed by atoms with Gasteiger partial charge in [-0.15, -0.1) is 0 Å². The second-order valence-electron chi connectivity index (χ2n) is 6.98. The van der Waals surface area contributed by atoms with Crippen LogP contribution in [0.1, 0.15) is 18.1 Å². The van der Waals surface area contributed by atoms with Gasteiger partial charge in [-0.25, -0.2) is 13.2 Å². The monoisotopic (exact) mass is 426 g/mol. The van der Waals surface area contributed by atoms with Crippen LogP contribution < -0.4 is 10.6 Å². The standard InChI is InChI=1S/C20H18N4O5S/c1-20(14-5-3-13(11-21)4-6-14)18(26)24(19(27)23-20)12-17(25)22-15-7-9-16(10-8-15)30(2,28)29/h3-10H,12H2,1-2H3,(H,22,25)(H,23,27)/t20-/m1/s1. The molecular weight excluding hydrogens is 408 g/mol. The highest BCUT2D eigenvalue weighted by Gasteiger charge is 2.49. The van der Waals surface area contributed by atoms with Gasteiger partial charge in [0.25, 0.3) is 5.91 Å². The third kappa shape index (κ3) is 4.01. The summed E-state index contributed by atoms with van der Waals surface area (Å²) in [5.41, 5.74) is -0.131. The Labute approximate surface area is 173 Å². The number of hydrogen-bond donors (Lipinski definition) is 2. The molecule has 0 unspecified atom stereocenters. The van der Waals surface area contributed by atoms with E-state index in [1.807, 2.05) is 6.07 Å². The van der Waals surface area contributed by atoms with Crippen LogP contribution in [0, 0.1) is 11.3 Å². The highest BCUT2D eigenvalue weighted by Crippen LogP contribution is 2.29. The largest absolute Gasteiger partial charge is 0.325 e. The van der Waals surface area contributed by atoms with E-state index in [2.05, 4.69) is 10.6 Å². The highest BCUT2D eigenvalue weighted by atomic mass is 32.2. The molecule has 0 aromatic heterocycles. The second-order valence-corrected chi connectivity index (χ2v) is 9.00. The molecule has 4 amide bonds. The third-order valence-electron chi connectivity index (χ3n) is 4.73. The summed E-state index contributed by atoms with van der Waals surface area (Å²) in [7, 11) is -3.36. The van der Waals surface area contributed by atoms with Gasteiger partial charge in [0.15, 0.2) is 9.84 Å². The van der Waals surface area contributed by atoms with Gasteiger partial charge in [0.05, 0.1) is 16.5 Å². The van der Waals surface area contributed by atoms with E-state index in [9.17, 15) is 22.8 Å². The first-order valence-electron chi connectivity index (χ1n) is 8.79. The van der Waals surface area contributed by atoms with E-state index >= 15 is 0 Å². The van der Waals surface area contributed by atoms with Gasteiger partial charge in [-0.2, -0.15) is 5.26 Å². The minimum Gasteiger partial charge on any atom is -0.325 e. The van der Waals surface area contributed by atoms with Crippen LogP contribution in [-0.2, 0) is 25.0 Å². The fourth-order valence-corrected chi connectivity index (χ4v) is 3.67. The lowest BCUT2D eigenvalue weighted by Gasteiger charge is -2.22. The third-order valence-corrected chi connectivity index (χ3v) is 5.86. The van der Waals surface area contributed by atoms with E-state index in [0.717, 1.165) is 11.2 Å². The average molecular weight is 426 g/mol. The van der Waals surface area contributed by atoms with Gasteiger partial charge in [-0.3, -0.25) is 14.5 Å². The number of benzene rings is 2. The fraction of sp³-hybridized carbons (Fsp3) is 0.200. The van der Waals surface area contributed by atoms with Crippen LogP contribution in [0.4, 0.5) is 10.5 Å². The fourth-order valence-electron chi connectivity index (χ4n) is 3.04.